The molecule has 0 atom stereocenters. The number of likely N-dealkylation sites (N-methyl/N-ethyl adjacent to an activating group) is 1. The minimum absolute atomic E-state index is 0.0389. The lowest BCUT2D eigenvalue weighted by molar-refractivity contribution is -0.138. The molecule has 0 saturated carbocycles. The predicted molar refractivity (Wildman–Crippen MR) is 147 cm³/mol. The molecule has 212 valence electrons. The van der Waals surface area contributed by atoms with Gasteiger partial charge in [0.25, 0.3) is 5.91 Å². The molecule has 12 heteroatoms. The first-order chi connectivity index (χ1) is 19.2. The average molecular weight is 576 g/mol. The highest BCUT2D eigenvalue weighted by Crippen LogP contribution is 2.40. The van der Waals surface area contributed by atoms with Crippen molar-refractivity contribution in [3.8, 4) is 17.2 Å². The zero-order valence-electron chi connectivity index (χ0n) is 21.9. The molecule has 2 aromatic carbocycles. The van der Waals surface area contributed by atoms with Crippen LogP contribution in [0, 0.1) is 0 Å². The Kier molecular flexibility index (Phi) is 8.34. The number of fused-ring (bicyclic) bond motifs is 1. The van der Waals surface area contributed by atoms with Gasteiger partial charge < -0.3 is 25.0 Å². The van der Waals surface area contributed by atoms with Crippen LogP contribution in [-0.4, -0.2) is 66.6 Å². The Bertz CT molecular complexity index is 1380. The molecule has 0 aliphatic carbocycles. The number of hydrogen-bond acceptors (Lipinski definition) is 7. The van der Waals surface area contributed by atoms with Crippen molar-refractivity contribution in [2.45, 2.75) is 19.6 Å². The van der Waals surface area contributed by atoms with Crippen molar-refractivity contribution in [1.29, 1.82) is 0 Å². The van der Waals surface area contributed by atoms with Gasteiger partial charge in [-0.3, -0.25) is 9.69 Å². The summed E-state index contributed by atoms with van der Waals surface area (Å²) in [6.45, 7) is 7.28. The van der Waals surface area contributed by atoms with Crippen LogP contribution in [0.15, 0.2) is 48.7 Å². The van der Waals surface area contributed by atoms with Crippen molar-refractivity contribution in [3.05, 3.63) is 70.4 Å². The summed E-state index contributed by atoms with van der Waals surface area (Å²) in [5, 5.41) is 5.93. The standard InChI is InChI=1S/C28H29ClF3N5O3/c1-2-36-10-12-37(13-11-36)17-19-3-5-20(16-21(19)28(30,31)32)35-27(38)18-4-6-22(29)24(15-18)40-23-7-8-33-26-25(23)39-14-9-34-26/h3-8,15-16H,2,9-14,17H2,1H3,(H,33,34)(H,35,38). The first-order valence-electron chi connectivity index (χ1n) is 13.0. The number of ether oxygens (including phenoxy) is 2. The number of rotatable bonds is 7. The number of pyridine rings is 1. The topological polar surface area (TPSA) is 79.0 Å². The molecule has 1 aromatic heterocycles. The summed E-state index contributed by atoms with van der Waals surface area (Å²) in [7, 11) is 0. The van der Waals surface area contributed by atoms with E-state index in [1.165, 1.54) is 30.3 Å². The van der Waals surface area contributed by atoms with Crippen molar-refractivity contribution in [2.75, 3.05) is 56.5 Å². The van der Waals surface area contributed by atoms with Gasteiger partial charge in [0, 0.05) is 56.2 Å². The minimum Gasteiger partial charge on any atom is -0.485 e. The fourth-order valence-electron chi connectivity index (χ4n) is 4.70. The Morgan fingerprint density at radius 3 is 2.62 bits per heavy atom. The lowest BCUT2D eigenvalue weighted by Crippen LogP contribution is -2.45. The molecule has 3 heterocycles. The Hall–Kier alpha value is -3.54. The highest BCUT2D eigenvalue weighted by atomic mass is 35.5. The molecule has 1 amide bonds. The summed E-state index contributed by atoms with van der Waals surface area (Å²) < 4.78 is 53.6. The van der Waals surface area contributed by atoms with E-state index in [-0.39, 0.29) is 34.1 Å². The van der Waals surface area contributed by atoms with Crippen LogP contribution < -0.4 is 20.1 Å². The summed E-state index contributed by atoms with van der Waals surface area (Å²) >= 11 is 6.32. The van der Waals surface area contributed by atoms with E-state index in [0.29, 0.717) is 43.6 Å². The summed E-state index contributed by atoms with van der Waals surface area (Å²) in [5.74, 6) is 0.893. The second kappa shape index (κ2) is 11.9. The molecule has 40 heavy (non-hydrogen) atoms. The Labute approximate surface area is 235 Å². The summed E-state index contributed by atoms with van der Waals surface area (Å²) in [5.41, 5.74) is -0.390. The Morgan fingerprint density at radius 1 is 1.10 bits per heavy atom. The normalized spacial score (nSPS) is 16.0. The quantitative estimate of drug-likeness (QED) is 0.372. The molecule has 1 saturated heterocycles. The van der Waals surface area contributed by atoms with Gasteiger partial charge in [-0.2, -0.15) is 13.2 Å². The van der Waals surface area contributed by atoms with Crippen LogP contribution in [0.4, 0.5) is 24.7 Å². The highest BCUT2D eigenvalue weighted by Gasteiger charge is 2.34. The van der Waals surface area contributed by atoms with E-state index >= 15 is 0 Å². The van der Waals surface area contributed by atoms with Gasteiger partial charge in [-0.15, -0.1) is 0 Å². The lowest BCUT2D eigenvalue weighted by Gasteiger charge is -2.34. The fraction of sp³-hybridized carbons (Fsp3) is 0.357. The van der Waals surface area contributed by atoms with E-state index in [1.54, 1.807) is 12.3 Å². The van der Waals surface area contributed by atoms with Crippen molar-refractivity contribution < 1.29 is 27.4 Å². The van der Waals surface area contributed by atoms with Gasteiger partial charge in [0.1, 0.15) is 12.4 Å². The summed E-state index contributed by atoms with van der Waals surface area (Å²) in [6, 6.07) is 9.90. The first-order valence-corrected chi connectivity index (χ1v) is 13.4. The maximum absolute atomic E-state index is 14.0. The van der Waals surface area contributed by atoms with Gasteiger partial charge in [0.15, 0.2) is 11.6 Å². The van der Waals surface area contributed by atoms with Gasteiger partial charge in [-0.1, -0.05) is 24.6 Å². The van der Waals surface area contributed by atoms with E-state index in [0.717, 1.165) is 25.7 Å². The van der Waals surface area contributed by atoms with Crippen LogP contribution in [0.2, 0.25) is 5.02 Å². The van der Waals surface area contributed by atoms with Gasteiger partial charge in [-0.25, -0.2) is 4.98 Å². The zero-order valence-corrected chi connectivity index (χ0v) is 22.6. The van der Waals surface area contributed by atoms with E-state index in [9.17, 15) is 18.0 Å². The molecular weight excluding hydrogens is 547 g/mol. The summed E-state index contributed by atoms with van der Waals surface area (Å²) in [4.78, 5) is 21.5. The number of anilines is 2. The number of halogens is 4. The number of nitrogens with one attached hydrogen (secondary N) is 2. The van der Waals surface area contributed by atoms with Crippen molar-refractivity contribution in [2.24, 2.45) is 0 Å². The molecule has 8 nitrogen and oxygen atoms in total. The number of hydrogen-bond donors (Lipinski definition) is 2. The van der Waals surface area contributed by atoms with Crippen molar-refractivity contribution in [3.63, 3.8) is 0 Å². The van der Waals surface area contributed by atoms with Gasteiger partial charge in [-0.05, 0) is 42.4 Å². The van der Waals surface area contributed by atoms with Crippen LogP contribution >= 0.6 is 11.6 Å². The molecule has 0 spiro atoms. The number of carbonyl (C=O) groups is 1. The number of carbonyl (C=O) groups excluding carboxylic acids is 1. The molecule has 0 bridgehead atoms. The number of aromatic nitrogens is 1. The van der Waals surface area contributed by atoms with E-state index < -0.39 is 17.6 Å². The monoisotopic (exact) mass is 575 g/mol. The number of amides is 1. The maximum atomic E-state index is 14.0. The van der Waals surface area contributed by atoms with Crippen LogP contribution in [0.1, 0.15) is 28.4 Å². The number of benzene rings is 2. The number of nitrogens with zero attached hydrogens (tertiary/aromatic N) is 3. The molecule has 2 N–H and O–H groups in total. The van der Waals surface area contributed by atoms with Crippen LogP contribution in [-0.2, 0) is 12.7 Å². The van der Waals surface area contributed by atoms with Gasteiger partial charge in [0.2, 0.25) is 5.75 Å². The van der Waals surface area contributed by atoms with E-state index in [1.807, 2.05) is 4.90 Å². The third-order valence-electron chi connectivity index (χ3n) is 6.90. The second-order valence-corrected chi connectivity index (χ2v) is 9.95. The largest absolute Gasteiger partial charge is 0.485 e. The molecule has 2 aliphatic rings. The van der Waals surface area contributed by atoms with Crippen LogP contribution in [0.25, 0.3) is 0 Å². The molecule has 0 unspecified atom stereocenters. The molecule has 0 radical (unpaired) electrons. The van der Waals surface area contributed by atoms with Gasteiger partial charge >= 0.3 is 6.18 Å². The summed E-state index contributed by atoms with van der Waals surface area (Å²) in [6.07, 6.45) is -3.02. The molecular formula is C28H29ClF3N5O3. The lowest BCUT2D eigenvalue weighted by atomic mass is 10.0. The number of piperazine rings is 1. The molecule has 3 aromatic rings. The van der Waals surface area contributed by atoms with Crippen molar-refractivity contribution >= 4 is 29.0 Å². The van der Waals surface area contributed by atoms with Crippen LogP contribution in [0.5, 0.6) is 17.2 Å². The SMILES string of the molecule is CCN1CCN(Cc2ccc(NC(=O)c3ccc(Cl)c(Oc4ccnc5c4OCCN5)c3)cc2C(F)(F)F)CC1. The van der Waals surface area contributed by atoms with Crippen LogP contribution in [0.3, 0.4) is 0 Å². The second-order valence-electron chi connectivity index (χ2n) is 9.54. The van der Waals surface area contributed by atoms with E-state index in [4.69, 9.17) is 21.1 Å². The number of alkyl halides is 3. The maximum Gasteiger partial charge on any atom is 0.416 e. The van der Waals surface area contributed by atoms with Crippen molar-refractivity contribution in [1.82, 2.24) is 14.8 Å². The average Bonchev–Trinajstić information content (AvgIpc) is 2.95. The first kappa shape index (κ1) is 28.0. The van der Waals surface area contributed by atoms with E-state index in [2.05, 4.69) is 27.4 Å². The Balaban J connectivity index is 1.32. The fourth-order valence-corrected chi connectivity index (χ4v) is 4.86. The zero-order chi connectivity index (χ0) is 28.3. The minimum atomic E-state index is -4.57. The highest BCUT2D eigenvalue weighted by molar-refractivity contribution is 6.32. The van der Waals surface area contributed by atoms with Gasteiger partial charge in [0.05, 0.1) is 17.1 Å². The molecule has 2 aliphatic heterocycles. The molecule has 5 rings (SSSR count). The third kappa shape index (κ3) is 6.43. The Morgan fingerprint density at radius 2 is 1.88 bits per heavy atom. The predicted octanol–water partition coefficient (Wildman–Crippen LogP) is 5.74. The third-order valence-corrected chi connectivity index (χ3v) is 7.21. The molecule has 1 fully saturated rings. The smallest absolute Gasteiger partial charge is 0.416 e.